The smallest absolute Gasteiger partial charge is 0.225 e. The van der Waals surface area contributed by atoms with Gasteiger partial charge in [-0.3, -0.25) is 4.57 Å². The Morgan fingerprint density at radius 2 is 2.18 bits per heavy atom. The van der Waals surface area contributed by atoms with Crippen molar-refractivity contribution in [2.45, 2.75) is 65.3 Å². The number of nitrogens with zero attached hydrogens (tertiary/aromatic N) is 3. The van der Waals surface area contributed by atoms with Crippen LogP contribution in [0.15, 0.2) is 0 Å². The lowest BCUT2D eigenvalue weighted by Gasteiger charge is -2.36. The van der Waals surface area contributed by atoms with Crippen molar-refractivity contribution in [1.29, 1.82) is 0 Å². The van der Waals surface area contributed by atoms with Gasteiger partial charge in [-0.15, -0.1) is 10.2 Å². The number of halogens is 1. The highest BCUT2D eigenvalue weighted by atomic mass is 35.5. The van der Waals surface area contributed by atoms with Crippen molar-refractivity contribution in [3.63, 3.8) is 0 Å². The molecule has 1 saturated carbocycles. The van der Waals surface area contributed by atoms with Crippen LogP contribution < -0.4 is 0 Å². The van der Waals surface area contributed by atoms with E-state index in [2.05, 4.69) is 35.5 Å². The zero-order valence-corrected chi connectivity index (χ0v) is 11.8. The van der Waals surface area contributed by atoms with Crippen LogP contribution in [0.25, 0.3) is 0 Å². The van der Waals surface area contributed by atoms with Gasteiger partial charge in [-0.2, -0.15) is 0 Å². The van der Waals surface area contributed by atoms with Gasteiger partial charge in [0.15, 0.2) is 0 Å². The summed E-state index contributed by atoms with van der Waals surface area (Å²) in [6.07, 6.45) is 7.03. The molecule has 96 valence electrons. The summed E-state index contributed by atoms with van der Waals surface area (Å²) in [4.78, 5) is 0. The van der Waals surface area contributed by atoms with E-state index in [1.165, 1.54) is 25.7 Å². The second-order valence-corrected chi connectivity index (χ2v) is 6.26. The van der Waals surface area contributed by atoms with Crippen LogP contribution in [0.3, 0.4) is 0 Å². The zero-order chi connectivity index (χ0) is 12.5. The van der Waals surface area contributed by atoms with Crippen molar-refractivity contribution in [2.24, 2.45) is 5.41 Å². The lowest BCUT2D eigenvalue weighted by Crippen LogP contribution is -2.26. The fourth-order valence-electron chi connectivity index (χ4n) is 2.94. The molecule has 0 spiro atoms. The first kappa shape index (κ1) is 12.9. The molecule has 2 rings (SSSR count). The van der Waals surface area contributed by atoms with Crippen molar-refractivity contribution in [1.82, 2.24) is 14.8 Å². The van der Waals surface area contributed by atoms with Gasteiger partial charge in [0.05, 0.1) is 0 Å². The zero-order valence-electron chi connectivity index (χ0n) is 11.0. The normalized spacial score (nSPS) is 23.9. The number of hydrogen-bond acceptors (Lipinski definition) is 2. The van der Waals surface area contributed by atoms with Crippen molar-refractivity contribution >= 4 is 11.6 Å². The molecule has 1 atom stereocenters. The minimum absolute atomic E-state index is 0.417. The highest BCUT2D eigenvalue weighted by Gasteiger charge is 2.31. The molecule has 1 aliphatic rings. The summed E-state index contributed by atoms with van der Waals surface area (Å²) in [6, 6.07) is 0.489. The lowest BCUT2D eigenvalue weighted by molar-refractivity contribution is 0.181. The molecule has 0 bridgehead atoms. The largest absolute Gasteiger partial charge is 0.299 e. The summed E-state index contributed by atoms with van der Waals surface area (Å²) in [6.45, 7) is 6.85. The van der Waals surface area contributed by atoms with Crippen LogP contribution in [0.1, 0.15) is 64.7 Å². The van der Waals surface area contributed by atoms with E-state index in [1.807, 2.05) is 0 Å². The third-order valence-electron chi connectivity index (χ3n) is 3.74. The lowest BCUT2D eigenvalue weighted by atomic mass is 9.75. The molecule has 0 radical (unpaired) electrons. The van der Waals surface area contributed by atoms with Crippen LogP contribution in [0.4, 0.5) is 0 Å². The van der Waals surface area contributed by atoms with E-state index in [4.69, 9.17) is 11.6 Å². The van der Waals surface area contributed by atoms with Gasteiger partial charge < -0.3 is 0 Å². The van der Waals surface area contributed by atoms with Crippen molar-refractivity contribution < 1.29 is 0 Å². The van der Waals surface area contributed by atoms with Crippen molar-refractivity contribution in [2.75, 3.05) is 0 Å². The highest BCUT2D eigenvalue weighted by Crippen LogP contribution is 2.42. The molecule has 17 heavy (non-hydrogen) atoms. The Hall–Kier alpha value is -0.570. The molecule has 1 aromatic heterocycles. The summed E-state index contributed by atoms with van der Waals surface area (Å²) in [5.74, 6) is 1.06. The monoisotopic (exact) mass is 255 g/mol. The van der Waals surface area contributed by atoms with Gasteiger partial charge in [-0.1, -0.05) is 27.2 Å². The van der Waals surface area contributed by atoms with E-state index in [9.17, 15) is 0 Å². The first-order valence-corrected chi connectivity index (χ1v) is 7.00. The van der Waals surface area contributed by atoms with E-state index in [0.29, 0.717) is 16.7 Å². The maximum absolute atomic E-state index is 6.20. The first-order valence-electron chi connectivity index (χ1n) is 6.63. The molecular weight excluding hydrogens is 234 g/mol. The predicted molar refractivity (Wildman–Crippen MR) is 70.3 cm³/mol. The maximum Gasteiger partial charge on any atom is 0.225 e. The second kappa shape index (κ2) is 4.97. The molecule has 1 heterocycles. The van der Waals surface area contributed by atoms with Crippen LogP contribution in [-0.4, -0.2) is 14.8 Å². The van der Waals surface area contributed by atoms with Gasteiger partial charge in [-0.25, -0.2) is 0 Å². The van der Waals surface area contributed by atoms with Gasteiger partial charge in [0.2, 0.25) is 5.28 Å². The van der Waals surface area contributed by atoms with Gasteiger partial charge in [0, 0.05) is 12.5 Å². The molecule has 0 N–H and O–H groups in total. The molecule has 3 nitrogen and oxygen atoms in total. The Morgan fingerprint density at radius 3 is 2.82 bits per heavy atom. The molecule has 1 fully saturated rings. The number of aryl methyl sites for hydroxylation is 1. The molecule has 1 aliphatic carbocycles. The molecule has 1 aromatic rings. The minimum Gasteiger partial charge on any atom is -0.299 e. The Labute approximate surface area is 109 Å². The van der Waals surface area contributed by atoms with Crippen LogP contribution in [0.5, 0.6) is 0 Å². The molecule has 0 aliphatic heterocycles. The molecule has 0 amide bonds. The van der Waals surface area contributed by atoms with E-state index in [-0.39, 0.29) is 0 Å². The number of aromatic nitrogens is 3. The van der Waals surface area contributed by atoms with Crippen LogP contribution >= 0.6 is 11.6 Å². The second-order valence-electron chi connectivity index (χ2n) is 5.92. The van der Waals surface area contributed by atoms with Crippen LogP contribution in [0.2, 0.25) is 5.28 Å². The van der Waals surface area contributed by atoms with Gasteiger partial charge in [-0.05, 0) is 42.7 Å². The molecule has 1 unspecified atom stereocenters. The fourth-order valence-corrected chi connectivity index (χ4v) is 3.21. The van der Waals surface area contributed by atoms with Crippen LogP contribution in [0, 0.1) is 5.41 Å². The van der Waals surface area contributed by atoms with Crippen molar-refractivity contribution in [3.8, 4) is 0 Å². The molecular formula is C13H22ClN3. The SMILES string of the molecule is CCCc1nnc(Cl)n1C1CCCC(C)(C)C1. The summed E-state index contributed by atoms with van der Waals surface area (Å²) in [7, 11) is 0. The minimum atomic E-state index is 0.417. The summed E-state index contributed by atoms with van der Waals surface area (Å²) in [5, 5.41) is 8.81. The van der Waals surface area contributed by atoms with E-state index in [1.54, 1.807) is 0 Å². The van der Waals surface area contributed by atoms with Gasteiger partial charge >= 0.3 is 0 Å². The standard InChI is InChI=1S/C13H22ClN3/c1-4-6-11-15-16-12(14)17(11)10-7-5-8-13(2,3)9-10/h10H,4-9H2,1-3H3. The van der Waals surface area contributed by atoms with Crippen LogP contribution in [-0.2, 0) is 6.42 Å². The Morgan fingerprint density at radius 1 is 1.41 bits per heavy atom. The van der Waals surface area contributed by atoms with Crippen molar-refractivity contribution in [3.05, 3.63) is 11.1 Å². The van der Waals surface area contributed by atoms with E-state index < -0.39 is 0 Å². The third kappa shape index (κ3) is 2.82. The average Bonchev–Trinajstić information content (AvgIpc) is 2.59. The average molecular weight is 256 g/mol. The van der Waals surface area contributed by atoms with E-state index in [0.717, 1.165) is 18.7 Å². The first-order chi connectivity index (χ1) is 8.03. The topological polar surface area (TPSA) is 30.7 Å². The van der Waals surface area contributed by atoms with Gasteiger partial charge in [0.25, 0.3) is 0 Å². The summed E-state index contributed by atoms with van der Waals surface area (Å²) in [5.41, 5.74) is 0.417. The molecule has 0 saturated heterocycles. The van der Waals surface area contributed by atoms with E-state index >= 15 is 0 Å². The molecule has 4 heteroatoms. The number of hydrogen-bond donors (Lipinski definition) is 0. The van der Waals surface area contributed by atoms with Gasteiger partial charge in [0.1, 0.15) is 5.82 Å². The number of rotatable bonds is 3. The summed E-state index contributed by atoms with van der Waals surface area (Å²) < 4.78 is 2.17. The highest BCUT2D eigenvalue weighted by molar-refractivity contribution is 6.28. The Bertz CT molecular complexity index is 384. The maximum atomic E-state index is 6.20. The fraction of sp³-hybridized carbons (Fsp3) is 0.846. The Balaban J connectivity index is 2.23. The Kier molecular flexibility index (Phi) is 3.76. The predicted octanol–water partition coefficient (Wildman–Crippen LogP) is 4.03. The molecule has 0 aromatic carbocycles. The summed E-state index contributed by atoms with van der Waals surface area (Å²) >= 11 is 6.20. The quantitative estimate of drug-likeness (QED) is 0.817. The third-order valence-corrected chi connectivity index (χ3v) is 4.00.